The van der Waals surface area contributed by atoms with Gasteiger partial charge in [0.2, 0.25) is 0 Å². The second-order valence-corrected chi connectivity index (χ2v) is 13.0. The zero-order valence-electron chi connectivity index (χ0n) is 24.2. The number of ether oxygens (including phenoxy) is 2. The summed E-state index contributed by atoms with van der Waals surface area (Å²) in [5, 5.41) is 11.4. The first-order valence-electron chi connectivity index (χ1n) is 14.5. The maximum Gasteiger partial charge on any atom is 0.434 e. The van der Waals surface area contributed by atoms with Crippen molar-refractivity contribution in [2.24, 2.45) is 5.41 Å². The molecule has 224 valence electrons. The molecule has 1 aliphatic heterocycles. The summed E-state index contributed by atoms with van der Waals surface area (Å²) in [7, 11) is -4.06. The standard InChI is InChI=1S/C29H45N3O7S/c1-4-5-6-7-8-9-10-11-12-13-14-25-15-17-26(18-16-25)40(35,36)39-24-29(22-37-28(2,3)38-23-29)21-31-20-19-30-27(31)32(33)34/h15-20H,4-14,21-24H2,1-3H3. The van der Waals surface area contributed by atoms with Crippen LogP contribution in [0.15, 0.2) is 41.6 Å². The highest BCUT2D eigenvalue weighted by Gasteiger charge is 2.44. The topological polar surface area (TPSA) is 123 Å². The Labute approximate surface area is 238 Å². The lowest BCUT2D eigenvalue weighted by atomic mass is 9.89. The molecule has 1 aromatic carbocycles. The molecule has 11 heteroatoms. The molecule has 0 bridgehead atoms. The summed E-state index contributed by atoms with van der Waals surface area (Å²) < 4.78 is 44.5. The summed E-state index contributed by atoms with van der Waals surface area (Å²) in [5.41, 5.74) is 0.127. The molecule has 2 aromatic rings. The molecule has 1 fully saturated rings. The largest absolute Gasteiger partial charge is 0.434 e. The van der Waals surface area contributed by atoms with Crippen LogP contribution < -0.4 is 0 Å². The minimum Gasteiger partial charge on any atom is -0.390 e. The predicted octanol–water partition coefficient (Wildman–Crippen LogP) is 6.43. The van der Waals surface area contributed by atoms with Gasteiger partial charge in [0.1, 0.15) is 12.4 Å². The molecule has 0 spiro atoms. The summed E-state index contributed by atoms with van der Waals surface area (Å²) in [5.74, 6) is -1.20. The molecule has 1 saturated heterocycles. The fourth-order valence-corrected chi connectivity index (χ4v) is 5.84. The van der Waals surface area contributed by atoms with Gasteiger partial charge in [-0.2, -0.15) is 8.42 Å². The number of aryl methyl sites for hydroxylation is 1. The highest BCUT2D eigenvalue weighted by Crippen LogP contribution is 2.34. The quantitative estimate of drug-likeness (QED) is 0.0857. The lowest BCUT2D eigenvalue weighted by Gasteiger charge is -2.42. The van der Waals surface area contributed by atoms with Crippen molar-refractivity contribution in [1.29, 1.82) is 0 Å². The number of aromatic nitrogens is 2. The van der Waals surface area contributed by atoms with Crippen molar-refractivity contribution in [1.82, 2.24) is 9.55 Å². The number of rotatable bonds is 18. The predicted molar refractivity (Wildman–Crippen MR) is 152 cm³/mol. The Hall–Kier alpha value is -2.34. The van der Waals surface area contributed by atoms with Crippen LogP contribution in [0, 0.1) is 15.5 Å². The summed E-state index contributed by atoms with van der Waals surface area (Å²) >= 11 is 0. The minimum absolute atomic E-state index is 0.0483. The van der Waals surface area contributed by atoms with Crippen LogP contribution in [0.25, 0.3) is 0 Å². The average Bonchev–Trinajstić information content (AvgIpc) is 3.39. The Kier molecular flexibility index (Phi) is 12.1. The lowest BCUT2D eigenvalue weighted by molar-refractivity contribution is -0.397. The van der Waals surface area contributed by atoms with Crippen LogP contribution in [-0.2, 0) is 36.7 Å². The number of benzene rings is 1. The van der Waals surface area contributed by atoms with Gasteiger partial charge in [-0.3, -0.25) is 4.18 Å². The first-order valence-corrected chi connectivity index (χ1v) is 15.9. The van der Waals surface area contributed by atoms with Crippen LogP contribution in [-0.4, -0.2) is 48.5 Å². The van der Waals surface area contributed by atoms with Gasteiger partial charge in [0.15, 0.2) is 5.79 Å². The molecule has 1 aromatic heterocycles. The highest BCUT2D eigenvalue weighted by atomic mass is 32.2. The Bertz CT molecular complexity index is 1150. The van der Waals surface area contributed by atoms with E-state index >= 15 is 0 Å². The molecule has 0 N–H and O–H groups in total. The number of nitrogens with zero attached hydrogens (tertiary/aromatic N) is 3. The number of hydrogen-bond acceptors (Lipinski definition) is 8. The van der Waals surface area contributed by atoms with Crippen molar-refractivity contribution >= 4 is 16.1 Å². The number of imidazole rings is 1. The monoisotopic (exact) mass is 579 g/mol. The van der Waals surface area contributed by atoms with E-state index in [2.05, 4.69) is 11.9 Å². The Morgan fingerprint density at radius 1 is 0.975 bits per heavy atom. The van der Waals surface area contributed by atoms with Gasteiger partial charge in [-0.15, -0.1) is 0 Å². The van der Waals surface area contributed by atoms with Gasteiger partial charge < -0.3 is 19.6 Å². The third kappa shape index (κ3) is 9.94. The summed E-state index contributed by atoms with van der Waals surface area (Å²) in [6.45, 7) is 5.73. The van der Waals surface area contributed by atoms with Gasteiger partial charge in [-0.05, 0) is 49.3 Å². The van der Waals surface area contributed by atoms with E-state index in [4.69, 9.17) is 13.7 Å². The van der Waals surface area contributed by atoms with Crippen LogP contribution in [0.2, 0.25) is 0 Å². The molecular formula is C29H45N3O7S. The fraction of sp³-hybridized carbons (Fsp3) is 0.690. The molecule has 0 saturated carbocycles. The van der Waals surface area contributed by atoms with Crippen molar-refractivity contribution in [3.05, 3.63) is 52.3 Å². The van der Waals surface area contributed by atoms with Crippen molar-refractivity contribution < 1.29 is 27.0 Å². The molecule has 10 nitrogen and oxygen atoms in total. The Balaban J connectivity index is 1.51. The summed E-state index contributed by atoms with van der Waals surface area (Å²) in [6, 6.07) is 6.82. The number of unbranched alkanes of at least 4 members (excludes halogenated alkanes) is 9. The molecule has 0 unspecified atom stereocenters. The third-order valence-corrected chi connectivity index (χ3v) is 8.64. The molecule has 0 amide bonds. The van der Waals surface area contributed by atoms with E-state index in [1.54, 1.807) is 26.0 Å². The van der Waals surface area contributed by atoms with E-state index in [0.717, 1.165) is 18.4 Å². The molecule has 2 heterocycles. The number of nitro groups is 1. The van der Waals surface area contributed by atoms with E-state index in [9.17, 15) is 18.5 Å². The van der Waals surface area contributed by atoms with Crippen molar-refractivity contribution in [2.75, 3.05) is 19.8 Å². The molecule has 0 aliphatic carbocycles. The second-order valence-electron chi connectivity index (χ2n) is 11.4. The molecule has 0 atom stereocenters. The van der Waals surface area contributed by atoms with E-state index in [1.807, 2.05) is 12.1 Å². The Morgan fingerprint density at radius 2 is 1.55 bits per heavy atom. The average molecular weight is 580 g/mol. The van der Waals surface area contributed by atoms with E-state index in [0.29, 0.717) is 0 Å². The van der Waals surface area contributed by atoms with Crippen LogP contribution in [0.4, 0.5) is 5.95 Å². The van der Waals surface area contributed by atoms with Gasteiger partial charge in [0, 0.05) is 0 Å². The van der Waals surface area contributed by atoms with Gasteiger partial charge in [0.05, 0.1) is 36.7 Å². The van der Waals surface area contributed by atoms with Gasteiger partial charge in [0.25, 0.3) is 10.1 Å². The smallest absolute Gasteiger partial charge is 0.390 e. The minimum atomic E-state index is -4.06. The molecule has 0 radical (unpaired) electrons. The second kappa shape index (κ2) is 15.0. The highest BCUT2D eigenvalue weighted by molar-refractivity contribution is 7.86. The van der Waals surface area contributed by atoms with Crippen LogP contribution in [0.1, 0.15) is 90.5 Å². The first kappa shape index (κ1) is 32.2. The van der Waals surface area contributed by atoms with Crippen LogP contribution in [0.5, 0.6) is 0 Å². The zero-order valence-corrected chi connectivity index (χ0v) is 25.0. The van der Waals surface area contributed by atoms with E-state index < -0.39 is 26.2 Å². The Morgan fingerprint density at radius 3 is 2.12 bits per heavy atom. The first-order chi connectivity index (χ1) is 19.1. The van der Waals surface area contributed by atoms with Gasteiger partial charge >= 0.3 is 5.95 Å². The van der Waals surface area contributed by atoms with E-state index in [1.165, 1.54) is 74.7 Å². The third-order valence-electron chi connectivity index (χ3n) is 7.37. The SMILES string of the molecule is CCCCCCCCCCCCc1ccc(S(=O)(=O)OCC2(Cn3ccnc3[N+](=O)[O-])COC(C)(C)OC2)cc1. The van der Waals surface area contributed by atoms with Gasteiger partial charge in [-0.1, -0.05) is 81.8 Å². The van der Waals surface area contributed by atoms with Crippen molar-refractivity contribution in [3.8, 4) is 0 Å². The molecular weight excluding hydrogens is 534 g/mol. The van der Waals surface area contributed by atoms with Crippen molar-refractivity contribution in [3.63, 3.8) is 0 Å². The zero-order chi connectivity index (χ0) is 29.1. The number of hydrogen-bond donors (Lipinski definition) is 0. The van der Waals surface area contributed by atoms with Gasteiger partial charge in [-0.25, -0.2) is 4.57 Å². The van der Waals surface area contributed by atoms with Crippen molar-refractivity contribution in [2.45, 2.75) is 109 Å². The van der Waals surface area contributed by atoms with Crippen LogP contribution >= 0.6 is 0 Å². The molecule has 3 rings (SSSR count). The summed E-state index contributed by atoms with van der Waals surface area (Å²) in [6.07, 6.45) is 16.5. The maximum absolute atomic E-state index is 13.0. The van der Waals surface area contributed by atoms with E-state index in [-0.39, 0.29) is 37.2 Å². The lowest BCUT2D eigenvalue weighted by Crippen LogP contribution is -2.51. The summed E-state index contributed by atoms with van der Waals surface area (Å²) in [4.78, 5) is 14.6. The molecule has 1 aliphatic rings. The maximum atomic E-state index is 13.0. The fourth-order valence-electron chi connectivity index (χ4n) is 4.83. The normalized spacial score (nSPS) is 16.7. The van der Waals surface area contributed by atoms with Crippen LogP contribution in [0.3, 0.4) is 0 Å². The molecule has 40 heavy (non-hydrogen) atoms.